The molecule has 1 saturated carbocycles. The maximum Gasteiger partial charge on any atom is 0.114 e. The summed E-state index contributed by atoms with van der Waals surface area (Å²) in [6.07, 6.45) is 3.05. The Kier molecular flexibility index (Phi) is 3.95. The van der Waals surface area contributed by atoms with E-state index in [0.717, 1.165) is 19.1 Å². The minimum absolute atomic E-state index is 0.0583. The van der Waals surface area contributed by atoms with Crippen molar-refractivity contribution in [1.82, 2.24) is 5.32 Å². The molecule has 2 saturated heterocycles. The van der Waals surface area contributed by atoms with Crippen LogP contribution in [-0.4, -0.2) is 44.1 Å². The lowest BCUT2D eigenvalue weighted by molar-refractivity contribution is -0.0393. The normalized spacial score (nSPS) is 35.0. The van der Waals surface area contributed by atoms with Crippen molar-refractivity contribution >= 4 is 0 Å². The molecular weight excluding hydrogens is 266 g/mol. The topological polar surface area (TPSA) is 39.7 Å². The van der Waals surface area contributed by atoms with Crippen molar-refractivity contribution in [3.05, 3.63) is 35.9 Å². The summed E-state index contributed by atoms with van der Waals surface area (Å²) in [5.74, 6) is 0.885. The second kappa shape index (κ2) is 6.05. The van der Waals surface area contributed by atoms with E-state index in [4.69, 9.17) is 14.2 Å². The predicted molar refractivity (Wildman–Crippen MR) is 79.0 cm³/mol. The standard InChI is InChI=1S/C17H23NO3/c1-2-4-13(5-3-1)9-19-15-11-21-16-14(10-20-17(15)16)18-8-12-6-7-12/h1-5,12,14-18H,6-11H2/t14-,15-,16-,17+/m0/s1. The van der Waals surface area contributed by atoms with Crippen molar-refractivity contribution in [3.8, 4) is 0 Å². The van der Waals surface area contributed by atoms with Gasteiger partial charge in [-0.05, 0) is 30.9 Å². The fourth-order valence-corrected chi connectivity index (χ4v) is 3.20. The molecule has 114 valence electrons. The first-order chi connectivity index (χ1) is 10.4. The molecular formula is C17H23NO3. The minimum Gasteiger partial charge on any atom is -0.371 e. The SMILES string of the molecule is c1ccc(CO[C@H]2CO[C@@H]3[C@@H]2OC[C@@H]3NCC2CC2)cc1. The largest absolute Gasteiger partial charge is 0.371 e. The third kappa shape index (κ3) is 3.14. The molecule has 4 rings (SSSR count). The van der Waals surface area contributed by atoms with Crippen LogP contribution in [0, 0.1) is 5.92 Å². The lowest BCUT2D eigenvalue weighted by atomic mass is 10.1. The zero-order chi connectivity index (χ0) is 14.1. The van der Waals surface area contributed by atoms with Crippen LogP contribution in [0.4, 0.5) is 0 Å². The molecule has 2 aliphatic heterocycles. The fraction of sp³-hybridized carbons (Fsp3) is 0.647. The van der Waals surface area contributed by atoms with E-state index in [9.17, 15) is 0 Å². The molecule has 1 N–H and O–H groups in total. The van der Waals surface area contributed by atoms with Crippen molar-refractivity contribution < 1.29 is 14.2 Å². The Labute approximate surface area is 125 Å². The first-order valence-corrected chi connectivity index (χ1v) is 8.02. The van der Waals surface area contributed by atoms with Crippen LogP contribution in [0.1, 0.15) is 18.4 Å². The first kappa shape index (κ1) is 13.7. The Morgan fingerprint density at radius 3 is 2.67 bits per heavy atom. The molecule has 4 nitrogen and oxygen atoms in total. The van der Waals surface area contributed by atoms with Gasteiger partial charge >= 0.3 is 0 Å². The highest BCUT2D eigenvalue weighted by molar-refractivity contribution is 5.13. The zero-order valence-corrected chi connectivity index (χ0v) is 12.2. The van der Waals surface area contributed by atoms with Gasteiger partial charge in [-0.2, -0.15) is 0 Å². The van der Waals surface area contributed by atoms with E-state index >= 15 is 0 Å². The second-order valence-electron chi connectivity index (χ2n) is 6.39. The zero-order valence-electron chi connectivity index (χ0n) is 12.2. The van der Waals surface area contributed by atoms with Gasteiger partial charge in [0.15, 0.2) is 0 Å². The molecule has 1 aliphatic carbocycles. The lowest BCUT2D eigenvalue weighted by Crippen LogP contribution is -2.42. The molecule has 1 aromatic rings. The number of benzene rings is 1. The number of rotatable bonds is 6. The third-order valence-electron chi connectivity index (χ3n) is 4.68. The van der Waals surface area contributed by atoms with E-state index in [-0.39, 0.29) is 18.3 Å². The van der Waals surface area contributed by atoms with Crippen LogP contribution in [-0.2, 0) is 20.8 Å². The Morgan fingerprint density at radius 1 is 1.05 bits per heavy atom. The molecule has 4 atom stereocenters. The van der Waals surface area contributed by atoms with E-state index in [1.807, 2.05) is 18.2 Å². The van der Waals surface area contributed by atoms with Crippen LogP contribution in [0.5, 0.6) is 0 Å². The molecule has 0 aromatic heterocycles. The summed E-state index contributed by atoms with van der Waals surface area (Å²) in [5, 5.41) is 3.60. The average molecular weight is 289 g/mol. The highest BCUT2D eigenvalue weighted by atomic mass is 16.6. The molecule has 0 amide bonds. The lowest BCUT2D eigenvalue weighted by Gasteiger charge is -2.18. The molecule has 4 heteroatoms. The maximum atomic E-state index is 6.01. The average Bonchev–Trinajstić information content (AvgIpc) is 3.13. The molecule has 3 fully saturated rings. The Bertz CT molecular complexity index is 462. The van der Waals surface area contributed by atoms with Crippen molar-refractivity contribution in [2.24, 2.45) is 5.92 Å². The van der Waals surface area contributed by atoms with Crippen LogP contribution in [0.2, 0.25) is 0 Å². The summed E-state index contributed by atoms with van der Waals surface area (Å²) in [7, 11) is 0. The summed E-state index contributed by atoms with van der Waals surface area (Å²) in [5.41, 5.74) is 1.20. The van der Waals surface area contributed by atoms with Crippen molar-refractivity contribution in [1.29, 1.82) is 0 Å². The molecule has 2 heterocycles. The summed E-state index contributed by atoms with van der Waals surface area (Å²) in [4.78, 5) is 0. The third-order valence-corrected chi connectivity index (χ3v) is 4.68. The maximum absolute atomic E-state index is 6.01. The van der Waals surface area contributed by atoms with Gasteiger partial charge in [0.25, 0.3) is 0 Å². The molecule has 0 unspecified atom stereocenters. The number of hydrogen-bond acceptors (Lipinski definition) is 4. The van der Waals surface area contributed by atoms with Gasteiger partial charge in [-0.15, -0.1) is 0 Å². The van der Waals surface area contributed by atoms with Gasteiger partial charge in [-0.1, -0.05) is 30.3 Å². The van der Waals surface area contributed by atoms with E-state index in [1.165, 1.54) is 18.4 Å². The monoisotopic (exact) mass is 289 g/mol. The van der Waals surface area contributed by atoms with Crippen LogP contribution in [0.25, 0.3) is 0 Å². The Morgan fingerprint density at radius 2 is 1.86 bits per heavy atom. The number of nitrogens with one attached hydrogen (secondary N) is 1. The molecule has 21 heavy (non-hydrogen) atoms. The molecule has 0 radical (unpaired) electrons. The van der Waals surface area contributed by atoms with Gasteiger partial charge in [-0.25, -0.2) is 0 Å². The highest BCUT2D eigenvalue weighted by Crippen LogP contribution is 2.31. The second-order valence-corrected chi connectivity index (χ2v) is 6.39. The summed E-state index contributed by atoms with van der Waals surface area (Å²) in [6, 6.07) is 10.6. The van der Waals surface area contributed by atoms with Gasteiger partial charge < -0.3 is 19.5 Å². The Hall–Kier alpha value is -0.940. The minimum atomic E-state index is 0.0583. The van der Waals surface area contributed by atoms with E-state index in [0.29, 0.717) is 19.3 Å². The Balaban J connectivity index is 1.28. The summed E-state index contributed by atoms with van der Waals surface area (Å²) >= 11 is 0. The van der Waals surface area contributed by atoms with Gasteiger partial charge in [0.1, 0.15) is 18.3 Å². The summed E-state index contributed by atoms with van der Waals surface area (Å²) < 4.78 is 17.9. The quantitative estimate of drug-likeness (QED) is 0.866. The van der Waals surface area contributed by atoms with Crippen molar-refractivity contribution in [2.75, 3.05) is 19.8 Å². The van der Waals surface area contributed by atoms with Gasteiger partial charge in [0.2, 0.25) is 0 Å². The number of hydrogen-bond donors (Lipinski definition) is 1. The van der Waals surface area contributed by atoms with E-state index in [2.05, 4.69) is 17.4 Å². The molecule has 1 aromatic carbocycles. The highest BCUT2D eigenvalue weighted by Gasteiger charge is 2.48. The first-order valence-electron chi connectivity index (χ1n) is 8.02. The summed E-state index contributed by atoms with van der Waals surface area (Å²) in [6.45, 7) is 3.12. The van der Waals surface area contributed by atoms with Gasteiger partial charge in [0, 0.05) is 0 Å². The fourth-order valence-electron chi connectivity index (χ4n) is 3.20. The van der Waals surface area contributed by atoms with Crippen molar-refractivity contribution in [3.63, 3.8) is 0 Å². The van der Waals surface area contributed by atoms with E-state index < -0.39 is 0 Å². The smallest absolute Gasteiger partial charge is 0.114 e. The van der Waals surface area contributed by atoms with Gasteiger partial charge in [0.05, 0.1) is 25.9 Å². The molecule has 0 spiro atoms. The van der Waals surface area contributed by atoms with Crippen molar-refractivity contribution in [2.45, 2.75) is 43.8 Å². The number of ether oxygens (including phenoxy) is 3. The van der Waals surface area contributed by atoms with Crippen LogP contribution in [0.15, 0.2) is 30.3 Å². The molecule has 3 aliphatic rings. The number of fused-ring (bicyclic) bond motifs is 1. The van der Waals surface area contributed by atoms with E-state index in [1.54, 1.807) is 0 Å². The van der Waals surface area contributed by atoms with Crippen LogP contribution >= 0.6 is 0 Å². The molecule has 0 bridgehead atoms. The van der Waals surface area contributed by atoms with Crippen LogP contribution < -0.4 is 5.32 Å². The predicted octanol–water partition coefficient (Wildman–Crippen LogP) is 1.74. The van der Waals surface area contributed by atoms with Crippen LogP contribution in [0.3, 0.4) is 0 Å². The van der Waals surface area contributed by atoms with Gasteiger partial charge in [-0.3, -0.25) is 0 Å².